The van der Waals surface area contributed by atoms with Crippen molar-refractivity contribution in [3.8, 4) is 0 Å². The molecule has 3 nitrogen and oxygen atoms in total. The summed E-state index contributed by atoms with van der Waals surface area (Å²) in [4.78, 5) is 6.45. The minimum absolute atomic E-state index is 0.165. The Bertz CT molecular complexity index is 611. The van der Waals surface area contributed by atoms with Gasteiger partial charge in [-0.05, 0) is 50.6 Å². The van der Waals surface area contributed by atoms with Crippen molar-refractivity contribution in [3.05, 3.63) is 59.2 Å². The Balaban J connectivity index is 2.25. The van der Waals surface area contributed by atoms with Crippen molar-refractivity contribution in [2.24, 2.45) is 5.73 Å². The second-order valence-electron chi connectivity index (χ2n) is 5.28. The molecule has 0 radical (unpaired) electrons. The molecule has 0 aliphatic heterocycles. The highest BCUT2D eigenvalue weighted by Crippen LogP contribution is 2.24. The van der Waals surface area contributed by atoms with Crippen LogP contribution in [-0.2, 0) is 6.54 Å². The van der Waals surface area contributed by atoms with Gasteiger partial charge in [0, 0.05) is 18.3 Å². The molecule has 2 rings (SSSR count). The molecule has 1 aromatic heterocycles. The molecule has 0 saturated carbocycles. The zero-order valence-electron chi connectivity index (χ0n) is 12.8. The Morgan fingerprint density at radius 1 is 1.29 bits per heavy atom. The van der Waals surface area contributed by atoms with E-state index < -0.39 is 0 Å². The summed E-state index contributed by atoms with van der Waals surface area (Å²) in [5.41, 5.74) is 9.09. The highest BCUT2D eigenvalue weighted by molar-refractivity contribution is 5.49. The summed E-state index contributed by atoms with van der Waals surface area (Å²) >= 11 is 0. The average Bonchev–Trinajstić information content (AvgIpc) is 2.45. The lowest BCUT2D eigenvalue weighted by molar-refractivity contribution is 0.612. The average molecular weight is 287 g/mol. The van der Waals surface area contributed by atoms with Crippen LogP contribution in [0.1, 0.15) is 36.8 Å². The molecule has 0 fully saturated rings. The normalized spacial score (nSPS) is 12.2. The molecular weight excluding hydrogens is 265 g/mol. The van der Waals surface area contributed by atoms with Crippen molar-refractivity contribution in [1.29, 1.82) is 0 Å². The van der Waals surface area contributed by atoms with Gasteiger partial charge < -0.3 is 10.6 Å². The Hall–Kier alpha value is -1.94. The van der Waals surface area contributed by atoms with Crippen molar-refractivity contribution < 1.29 is 4.39 Å². The number of aromatic nitrogens is 1. The molecule has 4 heteroatoms. The maximum Gasteiger partial charge on any atom is 0.146 e. The maximum absolute atomic E-state index is 14.3. The molecule has 21 heavy (non-hydrogen) atoms. The van der Waals surface area contributed by atoms with Gasteiger partial charge in [0.25, 0.3) is 0 Å². The van der Waals surface area contributed by atoms with Crippen molar-refractivity contribution in [2.75, 3.05) is 11.4 Å². The van der Waals surface area contributed by atoms with Crippen LogP contribution in [0.3, 0.4) is 0 Å². The van der Waals surface area contributed by atoms with Crippen LogP contribution in [0.15, 0.2) is 36.4 Å². The third kappa shape index (κ3) is 3.79. The van der Waals surface area contributed by atoms with Gasteiger partial charge in [-0.15, -0.1) is 0 Å². The van der Waals surface area contributed by atoms with E-state index in [0.717, 1.165) is 17.0 Å². The maximum atomic E-state index is 14.3. The number of rotatable bonds is 5. The topological polar surface area (TPSA) is 42.2 Å². The van der Waals surface area contributed by atoms with Crippen LogP contribution in [0, 0.1) is 12.7 Å². The van der Waals surface area contributed by atoms with E-state index in [2.05, 4.69) is 4.98 Å². The lowest BCUT2D eigenvalue weighted by atomic mass is 10.1. The van der Waals surface area contributed by atoms with Crippen LogP contribution in [0.4, 0.5) is 10.1 Å². The van der Waals surface area contributed by atoms with Gasteiger partial charge in [-0.3, -0.25) is 4.98 Å². The minimum atomic E-state index is -0.237. The SMILES string of the molecule is CCN(Cc1cccc(C)n1)c1ccc([C@H](C)N)cc1F. The Morgan fingerprint density at radius 3 is 2.62 bits per heavy atom. The van der Waals surface area contributed by atoms with Crippen LogP contribution in [0.25, 0.3) is 0 Å². The summed E-state index contributed by atoms with van der Waals surface area (Å²) in [6.07, 6.45) is 0. The summed E-state index contributed by atoms with van der Waals surface area (Å²) in [5, 5.41) is 0. The highest BCUT2D eigenvalue weighted by Gasteiger charge is 2.13. The fraction of sp³-hybridized carbons (Fsp3) is 0.353. The quantitative estimate of drug-likeness (QED) is 0.914. The number of halogens is 1. The number of nitrogens with zero attached hydrogens (tertiary/aromatic N) is 2. The van der Waals surface area contributed by atoms with Crippen molar-refractivity contribution in [1.82, 2.24) is 4.98 Å². The summed E-state index contributed by atoms with van der Waals surface area (Å²) in [7, 11) is 0. The van der Waals surface area contributed by atoms with Crippen molar-refractivity contribution in [3.63, 3.8) is 0 Å². The van der Waals surface area contributed by atoms with Crippen molar-refractivity contribution >= 4 is 5.69 Å². The van der Waals surface area contributed by atoms with Gasteiger partial charge in [0.15, 0.2) is 0 Å². The van der Waals surface area contributed by atoms with E-state index in [-0.39, 0.29) is 11.9 Å². The molecule has 0 amide bonds. The van der Waals surface area contributed by atoms with E-state index >= 15 is 0 Å². The first-order chi connectivity index (χ1) is 10.0. The molecule has 2 N–H and O–H groups in total. The van der Waals surface area contributed by atoms with Gasteiger partial charge in [0.2, 0.25) is 0 Å². The van der Waals surface area contributed by atoms with Gasteiger partial charge in [-0.25, -0.2) is 4.39 Å². The summed E-state index contributed by atoms with van der Waals surface area (Å²) in [6.45, 7) is 7.12. The van der Waals surface area contributed by atoms with E-state index in [9.17, 15) is 4.39 Å². The second-order valence-corrected chi connectivity index (χ2v) is 5.28. The lowest BCUT2D eigenvalue weighted by Crippen LogP contribution is -2.24. The van der Waals surface area contributed by atoms with Gasteiger partial charge in [0.1, 0.15) is 5.82 Å². The summed E-state index contributed by atoms with van der Waals surface area (Å²) < 4.78 is 14.3. The first kappa shape index (κ1) is 15.4. The lowest BCUT2D eigenvalue weighted by Gasteiger charge is -2.24. The third-order valence-corrected chi connectivity index (χ3v) is 3.52. The number of nitrogens with two attached hydrogens (primary N) is 1. The number of aryl methyl sites for hydroxylation is 1. The molecule has 0 spiro atoms. The zero-order chi connectivity index (χ0) is 15.4. The van der Waals surface area contributed by atoms with E-state index in [1.807, 2.05) is 49.9 Å². The van der Waals surface area contributed by atoms with Gasteiger partial charge in [0.05, 0.1) is 17.9 Å². The highest BCUT2D eigenvalue weighted by atomic mass is 19.1. The molecule has 0 saturated heterocycles. The van der Waals surface area contributed by atoms with Crippen molar-refractivity contribution in [2.45, 2.75) is 33.4 Å². The molecule has 1 atom stereocenters. The number of pyridine rings is 1. The predicted molar refractivity (Wildman–Crippen MR) is 84.7 cm³/mol. The first-order valence-corrected chi connectivity index (χ1v) is 7.23. The monoisotopic (exact) mass is 287 g/mol. The number of anilines is 1. The third-order valence-electron chi connectivity index (χ3n) is 3.52. The molecule has 0 aliphatic carbocycles. The Kier molecular flexibility index (Phi) is 4.91. The van der Waals surface area contributed by atoms with E-state index in [4.69, 9.17) is 5.73 Å². The largest absolute Gasteiger partial charge is 0.364 e. The molecule has 2 aromatic rings. The van der Waals surface area contributed by atoms with E-state index in [1.165, 1.54) is 6.07 Å². The van der Waals surface area contributed by atoms with Gasteiger partial charge in [-0.1, -0.05) is 12.1 Å². The number of hydrogen-bond donors (Lipinski definition) is 1. The standard InChI is InChI=1S/C17H22FN3/c1-4-21(11-15-7-5-6-12(2)20-15)17-9-8-14(13(3)19)10-16(17)18/h5-10,13H,4,11,19H2,1-3H3/t13-/m0/s1. The Morgan fingerprint density at radius 2 is 2.05 bits per heavy atom. The van der Waals surface area contributed by atoms with Crippen LogP contribution in [0.2, 0.25) is 0 Å². The first-order valence-electron chi connectivity index (χ1n) is 7.23. The zero-order valence-corrected chi connectivity index (χ0v) is 12.8. The van der Waals surface area contributed by atoms with Gasteiger partial charge in [-0.2, -0.15) is 0 Å². The fourth-order valence-electron chi connectivity index (χ4n) is 2.31. The predicted octanol–water partition coefficient (Wildman–Crippen LogP) is 3.58. The molecule has 1 heterocycles. The minimum Gasteiger partial charge on any atom is -0.364 e. The molecule has 0 bridgehead atoms. The fourth-order valence-corrected chi connectivity index (χ4v) is 2.31. The molecule has 0 aliphatic rings. The summed E-state index contributed by atoms with van der Waals surface area (Å²) in [6, 6.07) is 10.9. The van der Waals surface area contributed by atoms with Crippen LogP contribution in [0.5, 0.6) is 0 Å². The smallest absolute Gasteiger partial charge is 0.146 e. The van der Waals surface area contributed by atoms with E-state index in [1.54, 1.807) is 6.07 Å². The number of benzene rings is 1. The molecule has 1 aromatic carbocycles. The Labute approximate surface area is 125 Å². The molecular formula is C17H22FN3. The summed E-state index contributed by atoms with van der Waals surface area (Å²) in [5.74, 6) is -0.237. The van der Waals surface area contributed by atoms with E-state index in [0.29, 0.717) is 18.8 Å². The number of hydrogen-bond acceptors (Lipinski definition) is 3. The molecule has 0 unspecified atom stereocenters. The van der Waals surface area contributed by atoms with Gasteiger partial charge >= 0.3 is 0 Å². The van der Waals surface area contributed by atoms with Crippen LogP contribution in [-0.4, -0.2) is 11.5 Å². The van der Waals surface area contributed by atoms with Crippen LogP contribution >= 0.6 is 0 Å². The second kappa shape index (κ2) is 6.68. The van der Waals surface area contributed by atoms with Crippen LogP contribution < -0.4 is 10.6 Å². The molecule has 112 valence electrons.